The number of aromatic nitrogens is 5. The van der Waals surface area contributed by atoms with Gasteiger partial charge in [0.2, 0.25) is 0 Å². The van der Waals surface area contributed by atoms with E-state index in [1.165, 1.54) is 10.5 Å². The zero-order valence-electron chi connectivity index (χ0n) is 22.2. The van der Waals surface area contributed by atoms with E-state index in [2.05, 4.69) is 19.9 Å². The number of hydrogen-bond donors (Lipinski definition) is 0. The predicted molar refractivity (Wildman–Crippen MR) is 147 cm³/mol. The monoisotopic (exact) mass is 535 g/mol. The molecule has 39 heavy (non-hydrogen) atoms. The van der Waals surface area contributed by atoms with E-state index in [1.54, 1.807) is 29.9 Å². The highest BCUT2D eigenvalue weighted by atomic mass is 19.1. The van der Waals surface area contributed by atoms with E-state index in [0.717, 1.165) is 24.1 Å². The van der Waals surface area contributed by atoms with Crippen LogP contribution in [-0.2, 0) is 4.74 Å². The summed E-state index contributed by atoms with van der Waals surface area (Å²) in [5, 5.41) is 0. The first-order valence-electron chi connectivity index (χ1n) is 12.7. The van der Waals surface area contributed by atoms with E-state index in [-0.39, 0.29) is 30.5 Å². The lowest BCUT2D eigenvalue weighted by molar-refractivity contribution is 0.0106. The SMILES string of the molecule is C.Cc1cn2cc(-c3nc(=O)n4cc(N5CCN(C(=O)OC(C)(C)C)C6(CC6)C5)cc(C)c4n3)cc(F)c2n1. The Morgan fingerprint density at radius 1 is 1.03 bits per heavy atom. The molecule has 5 heterocycles. The molecule has 0 N–H and O–H groups in total. The van der Waals surface area contributed by atoms with Crippen molar-refractivity contribution in [2.75, 3.05) is 24.5 Å². The number of piperazine rings is 1. The summed E-state index contributed by atoms with van der Waals surface area (Å²) >= 11 is 0. The zero-order chi connectivity index (χ0) is 27.0. The summed E-state index contributed by atoms with van der Waals surface area (Å²) < 4.78 is 23.3. The van der Waals surface area contributed by atoms with Crippen molar-refractivity contribution in [3.8, 4) is 11.4 Å². The summed E-state index contributed by atoms with van der Waals surface area (Å²) in [5.74, 6) is -0.355. The molecule has 0 atom stereocenters. The van der Waals surface area contributed by atoms with Crippen LogP contribution in [0.4, 0.5) is 14.9 Å². The third kappa shape index (κ3) is 4.70. The van der Waals surface area contributed by atoms with Crippen LogP contribution in [0.15, 0.2) is 35.5 Å². The van der Waals surface area contributed by atoms with Crippen LogP contribution in [0.5, 0.6) is 0 Å². The van der Waals surface area contributed by atoms with Gasteiger partial charge < -0.3 is 14.0 Å². The second kappa shape index (κ2) is 9.03. The average molecular weight is 536 g/mol. The highest BCUT2D eigenvalue weighted by Crippen LogP contribution is 2.45. The Hall–Kier alpha value is -4.02. The molecule has 206 valence electrons. The molecule has 1 aliphatic heterocycles. The molecule has 1 saturated carbocycles. The lowest BCUT2D eigenvalue weighted by atomic mass is 10.1. The van der Waals surface area contributed by atoms with E-state index >= 15 is 0 Å². The number of carbonyl (C=O) groups is 1. The van der Waals surface area contributed by atoms with Gasteiger partial charge in [-0.1, -0.05) is 7.43 Å². The van der Waals surface area contributed by atoms with Gasteiger partial charge in [-0.15, -0.1) is 0 Å². The van der Waals surface area contributed by atoms with Crippen LogP contribution in [0.3, 0.4) is 0 Å². The van der Waals surface area contributed by atoms with Gasteiger partial charge in [0.05, 0.1) is 16.9 Å². The summed E-state index contributed by atoms with van der Waals surface area (Å²) in [6.07, 6.45) is 6.69. The van der Waals surface area contributed by atoms with Gasteiger partial charge in [-0.2, -0.15) is 4.98 Å². The predicted octanol–water partition coefficient (Wildman–Crippen LogP) is 4.39. The Bertz CT molecular complexity index is 1670. The van der Waals surface area contributed by atoms with E-state index < -0.39 is 17.1 Å². The van der Waals surface area contributed by atoms with Crippen LogP contribution in [0.2, 0.25) is 0 Å². The fourth-order valence-corrected chi connectivity index (χ4v) is 5.24. The molecule has 1 saturated heterocycles. The number of fused-ring (bicyclic) bond motifs is 2. The number of ether oxygens (including phenoxy) is 1. The average Bonchev–Trinajstić information content (AvgIpc) is 3.47. The van der Waals surface area contributed by atoms with Gasteiger partial charge in [-0.05, 0) is 65.2 Å². The number of hydrogen-bond acceptors (Lipinski definition) is 7. The molecule has 4 aromatic rings. The first kappa shape index (κ1) is 26.6. The van der Waals surface area contributed by atoms with Crippen LogP contribution in [0.1, 0.15) is 52.3 Å². The van der Waals surface area contributed by atoms with Crippen LogP contribution in [0.25, 0.3) is 22.7 Å². The molecule has 6 rings (SSSR count). The third-order valence-electron chi connectivity index (χ3n) is 7.17. The van der Waals surface area contributed by atoms with Crippen LogP contribution < -0.4 is 10.6 Å². The Morgan fingerprint density at radius 3 is 2.46 bits per heavy atom. The molecule has 1 spiro atoms. The number of rotatable bonds is 2. The molecule has 1 amide bonds. The molecule has 2 fully saturated rings. The van der Waals surface area contributed by atoms with Crippen molar-refractivity contribution in [2.45, 2.75) is 66.0 Å². The molecule has 11 heteroatoms. The van der Waals surface area contributed by atoms with Gasteiger partial charge in [0.25, 0.3) is 0 Å². The smallest absolute Gasteiger partial charge is 0.410 e. The van der Waals surface area contributed by atoms with Crippen molar-refractivity contribution in [2.24, 2.45) is 0 Å². The maximum absolute atomic E-state index is 14.7. The number of anilines is 1. The number of carbonyl (C=O) groups excluding carboxylic acids is 1. The van der Waals surface area contributed by atoms with Crippen molar-refractivity contribution in [3.63, 3.8) is 0 Å². The molecule has 10 nitrogen and oxygen atoms in total. The first-order chi connectivity index (χ1) is 17.9. The van der Waals surface area contributed by atoms with Crippen molar-refractivity contribution in [1.82, 2.24) is 28.7 Å². The normalized spacial score (nSPS) is 16.6. The summed E-state index contributed by atoms with van der Waals surface area (Å²) in [6.45, 7) is 11.1. The van der Waals surface area contributed by atoms with E-state index in [1.807, 2.05) is 38.7 Å². The van der Waals surface area contributed by atoms with Crippen molar-refractivity contribution >= 4 is 23.1 Å². The fraction of sp³-hybridized carbons (Fsp3) is 0.464. The summed E-state index contributed by atoms with van der Waals surface area (Å²) in [7, 11) is 0. The van der Waals surface area contributed by atoms with Gasteiger partial charge in [0.15, 0.2) is 17.3 Å². The number of imidazole rings is 1. The molecular weight excluding hydrogens is 501 g/mol. The Balaban J connectivity index is 0.00000308. The second-order valence-electron chi connectivity index (χ2n) is 11.4. The number of amides is 1. The van der Waals surface area contributed by atoms with Gasteiger partial charge in [0.1, 0.15) is 11.2 Å². The largest absolute Gasteiger partial charge is 0.444 e. The topological polar surface area (TPSA) is 97.3 Å². The molecule has 4 aromatic heterocycles. The molecule has 0 radical (unpaired) electrons. The van der Waals surface area contributed by atoms with Gasteiger partial charge in [-0.3, -0.25) is 4.90 Å². The minimum absolute atomic E-state index is 0. The Kier molecular flexibility index (Phi) is 6.15. The first-order valence-corrected chi connectivity index (χ1v) is 12.7. The highest BCUT2D eigenvalue weighted by molar-refractivity contribution is 5.71. The van der Waals surface area contributed by atoms with E-state index in [9.17, 15) is 14.0 Å². The second-order valence-corrected chi connectivity index (χ2v) is 11.4. The molecular formula is C28H34FN7O3. The number of nitrogens with zero attached hydrogens (tertiary/aromatic N) is 7. The van der Waals surface area contributed by atoms with Gasteiger partial charge in [0, 0.05) is 43.8 Å². The van der Waals surface area contributed by atoms with Crippen LogP contribution in [0, 0.1) is 19.7 Å². The number of pyridine rings is 2. The van der Waals surface area contributed by atoms with E-state index in [0.29, 0.717) is 36.5 Å². The molecule has 0 unspecified atom stereocenters. The number of aryl methyl sites for hydroxylation is 2. The Morgan fingerprint density at radius 2 is 1.77 bits per heavy atom. The van der Waals surface area contributed by atoms with Crippen LogP contribution >= 0.6 is 0 Å². The number of halogens is 1. The van der Waals surface area contributed by atoms with Gasteiger partial charge in [-0.25, -0.2) is 28.3 Å². The molecule has 0 aromatic carbocycles. The van der Waals surface area contributed by atoms with E-state index in [4.69, 9.17) is 4.74 Å². The summed E-state index contributed by atoms with van der Waals surface area (Å²) in [4.78, 5) is 43.0. The Labute approximate surface area is 226 Å². The quantitative estimate of drug-likeness (QED) is 0.376. The third-order valence-corrected chi connectivity index (χ3v) is 7.17. The zero-order valence-corrected chi connectivity index (χ0v) is 22.2. The van der Waals surface area contributed by atoms with Gasteiger partial charge >= 0.3 is 11.8 Å². The standard InChI is InChI=1S/C27H30FN7O3.CH4/c1-16-10-19(32-8-9-35(27(15-32)6-7-27)25(37)38-26(3,4)5)14-34-22(16)30-21(31-24(34)36)18-11-20(28)23-29-17(2)12-33(23)13-18;/h10-14H,6-9,15H2,1-5H3;1H4. The molecule has 1 aliphatic carbocycles. The molecule has 0 bridgehead atoms. The lowest BCUT2D eigenvalue weighted by Crippen LogP contribution is -2.58. The molecule has 2 aliphatic rings. The maximum Gasteiger partial charge on any atom is 0.410 e. The summed E-state index contributed by atoms with van der Waals surface area (Å²) in [5.41, 5.74) is 2.12. The van der Waals surface area contributed by atoms with Crippen LogP contribution in [-0.4, -0.2) is 65.5 Å². The minimum atomic E-state index is -0.547. The summed E-state index contributed by atoms with van der Waals surface area (Å²) in [6, 6.07) is 3.30. The van der Waals surface area contributed by atoms with Crippen molar-refractivity contribution < 1.29 is 13.9 Å². The van der Waals surface area contributed by atoms with Crippen molar-refractivity contribution in [1.29, 1.82) is 0 Å². The minimum Gasteiger partial charge on any atom is -0.444 e. The highest BCUT2D eigenvalue weighted by Gasteiger charge is 2.54. The maximum atomic E-state index is 14.7. The fourth-order valence-electron chi connectivity index (χ4n) is 5.24. The lowest BCUT2D eigenvalue weighted by Gasteiger charge is -2.43. The van der Waals surface area contributed by atoms with Crippen molar-refractivity contribution in [3.05, 3.63) is 58.3 Å².